The highest BCUT2D eigenvalue weighted by Crippen LogP contribution is 2.24. The first kappa shape index (κ1) is 12.4. The lowest BCUT2D eigenvalue weighted by Gasteiger charge is -2.29. The topological polar surface area (TPSA) is 49.4 Å². The molecule has 17 heavy (non-hydrogen) atoms. The molecule has 1 N–H and O–H groups in total. The Labute approximate surface area is 103 Å². The van der Waals surface area contributed by atoms with Gasteiger partial charge < -0.3 is 10.2 Å². The van der Waals surface area contributed by atoms with Crippen LogP contribution in [0.25, 0.3) is 0 Å². The Kier molecular flexibility index (Phi) is 3.69. The summed E-state index contributed by atoms with van der Waals surface area (Å²) in [6.45, 7) is 5.16. The monoisotopic (exact) mass is 238 g/mol. The van der Waals surface area contributed by atoms with E-state index in [0.29, 0.717) is 30.6 Å². The second-order valence-corrected chi connectivity index (χ2v) is 5.70. The molecule has 1 aliphatic carbocycles. The van der Waals surface area contributed by atoms with Gasteiger partial charge in [-0.2, -0.15) is 0 Å². The summed E-state index contributed by atoms with van der Waals surface area (Å²) >= 11 is 0. The second kappa shape index (κ2) is 5.07. The number of hydrogen-bond acceptors (Lipinski definition) is 2. The van der Waals surface area contributed by atoms with E-state index in [9.17, 15) is 9.59 Å². The molecule has 2 rings (SSSR count). The fourth-order valence-corrected chi connectivity index (χ4v) is 2.88. The van der Waals surface area contributed by atoms with Crippen molar-refractivity contribution < 1.29 is 9.59 Å². The molecule has 0 radical (unpaired) electrons. The van der Waals surface area contributed by atoms with Gasteiger partial charge in [0.15, 0.2) is 0 Å². The Bertz CT molecular complexity index is 305. The van der Waals surface area contributed by atoms with Crippen LogP contribution < -0.4 is 5.32 Å². The van der Waals surface area contributed by atoms with E-state index in [1.165, 1.54) is 0 Å². The Morgan fingerprint density at radius 1 is 1.29 bits per heavy atom. The van der Waals surface area contributed by atoms with Crippen LogP contribution in [0.2, 0.25) is 0 Å². The van der Waals surface area contributed by atoms with Crippen molar-refractivity contribution >= 4 is 11.8 Å². The fourth-order valence-electron chi connectivity index (χ4n) is 2.88. The maximum Gasteiger partial charge on any atom is 0.317 e. The van der Waals surface area contributed by atoms with Gasteiger partial charge in [0.2, 0.25) is 0 Å². The van der Waals surface area contributed by atoms with Gasteiger partial charge in [-0.3, -0.25) is 4.79 Å². The van der Waals surface area contributed by atoms with Crippen LogP contribution in [0.3, 0.4) is 0 Å². The van der Waals surface area contributed by atoms with Gasteiger partial charge in [0.1, 0.15) is 5.78 Å². The highest BCUT2D eigenvalue weighted by Gasteiger charge is 2.35. The first-order chi connectivity index (χ1) is 8.06. The quantitative estimate of drug-likeness (QED) is 0.817. The van der Waals surface area contributed by atoms with Gasteiger partial charge in [-0.05, 0) is 25.2 Å². The predicted octanol–water partition coefficient (Wildman–Crippen LogP) is 1.94. The Balaban J connectivity index is 1.89. The molecule has 4 heteroatoms. The van der Waals surface area contributed by atoms with E-state index < -0.39 is 0 Å². The third kappa shape index (κ3) is 2.99. The van der Waals surface area contributed by atoms with E-state index in [1.54, 1.807) is 0 Å². The lowest BCUT2D eigenvalue weighted by molar-refractivity contribution is -0.121. The number of carbonyl (C=O) groups excluding carboxylic acids is 2. The first-order valence-corrected chi connectivity index (χ1v) is 6.65. The van der Waals surface area contributed by atoms with Crippen molar-refractivity contribution in [2.24, 2.45) is 5.92 Å². The highest BCUT2D eigenvalue weighted by atomic mass is 16.2. The maximum atomic E-state index is 11.9. The highest BCUT2D eigenvalue weighted by molar-refractivity contribution is 5.80. The number of hydrogen-bond donors (Lipinski definition) is 1. The van der Waals surface area contributed by atoms with Crippen molar-refractivity contribution in [1.82, 2.24) is 10.2 Å². The van der Waals surface area contributed by atoms with Crippen LogP contribution in [-0.4, -0.2) is 35.3 Å². The number of Topliss-reactive ketones (excluding diaryl/α,β-unsaturated/α-hetero) is 1. The average molecular weight is 238 g/mol. The predicted molar refractivity (Wildman–Crippen MR) is 65.7 cm³/mol. The van der Waals surface area contributed by atoms with Crippen molar-refractivity contribution in [3.8, 4) is 0 Å². The van der Waals surface area contributed by atoms with E-state index in [1.807, 2.05) is 4.90 Å². The molecule has 2 aliphatic rings. The molecule has 0 bridgehead atoms. The van der Waals surface area contributed by atoms with Crippen molar-refractivity contribution in [3.05, 3.63) is 0 Å². The summed E-state index contributed by atoms with van der Waals surface area (Å²) in [7, 11) is 0. The molecule has 1 heterocycles. The SMILES string of the molecule is CC(C)CC1CN(C2CCC(=O)CC2)C(=O)N1. The van der Waals surface area contributed by atoms with E-state index in [0.717, 1.165) is 25.8 Å². The van der Waals surface area contributed by atoms with Crippen molar-refractivity contribution in [1.29, 1.82) is 0 Å². The summed E-state index contributed by atoms with van der Waals surface area (Å²) < 4.78 is 0. The normalized spacial score (nSPS) is 26.8. The molecule has 0 spiro atoms. The summed E-state index contributed by atoms with van der Waals surface area (Å²) in [6.07, 6.45) is 4.02. The van der Waals surface area contributed by atoms with E-state index in [4.69, 9.17) is 0 Å². The number of amides is 2. The molecule has 4 nitrogen and oxygen atoms in total. The third-order valence-electron chi connectivity index (χ3n) is 3.72. The van der Waals surface area contributed by atoms with Gasteiger partial charge in [0.05, 0.1) is 0 Å². The van der Waals surface area contributed by atoms with Gasteiger partial charge in [0.25, 0.3) is 0 Å². The minimum atomic E-state index is 0.0648. The molecule has 1 atom stereocenters. The number of urea groups is 1. The molecule has 1 unspecified atom stereocenters. The zero-order valence-electron chi connectivity index (χ0n) is 10.7. The van der Waals surface area contributed by atoms with Crippen molar-refractivity contribution in [2.75, 3.05) is 6.54 Å². The minimum Gasteiger partial charge on any atom is -0.333 e. The van der Waals surface area contributed by atoms with Crippen LogP contribution in [0.5, 0.6) is 0 Å². The molecular weight excluding hydrogens is 216 g/mol. The van der Waals surface area contributed by atoms with E-state index in [-0.39, 0.29) is 12.1 Å². The number of nitrogens with zero attached hydrogens (tertiary/aromatic N) is 1. The zero-order chi connectivity index (χ0) is 12.4. The third-order valence-corrected chi connectivity index (χ3v) is 3.72. The van der Waals surface area contributed by atoms with Gasteiger partial charge >= 0.3 is 6.03 Å². The summed E-state index contributed by atoms with van der Waals surface area (Å²) in [5.74, 6) is 0.952. The van der Waals surface area contributed by atoms with Crippen LogP contribution in [0.15, 0.2) is 0 Å². The number of carbonyl (C=O) groups is 2. The number of ketones is 1. The maximum absolute atomic E-state index is 11.9. The average Bonchev–Trinajstić information content (AvgIpc) is 2.59. The lowest BCUT2D eigenvalue weighted by Crippen LogP contribution is -2.40. The Morgan fingerprint density at radius 3 is 2.53 bits per heavy atom. The van der Waals surface area contributed by atoms with Crippen LogP contribution >= 0.6 is 0 Å². The summed E-state index contributed by atoms with van der Waals surface area (Å²) in [6, 6.07) is 0.639. The van der Waals surface area contributed by atoms with Crippen LogP contribution in [0.4, 0.5) is 4.79 Å². The van der Waals surface area contributed by atoms with Crippen LogP contribution in [-0.2, 0) is 4.79 Å². The molecule has 2 amide bonds. The molecule has 1 aliphatic heterocycles. The minimum absolute atomic E-state index is 0.0648. The molecule has 0 aromatic carbocycles. The lowest BCUT2D eigenvalue weighted by atomic mass is 9.93. The van der Waals surface area contributed by atoms with E-state index >= 15 is 0 Å². The number of rotatable bonds is 3. The Hall–Kier alpha value is -1.06. The van der Waals surface area contributed by atoms with E-state index in [2.05, 4.69) is 19.2 Å². The van der Waals surface area contributed by atoms with Crippen molar-refractivity contribution in [2.45, 2.75) is 58.0 Å². The first-order valence-electron chi connectivity index (χ1n) is 6.65. The molecule has 1 saturated carbocycles. The number of nitrogens with one attached hydrogen (secondary N) is 1. The van der Waals surface area contributed by atoms with Gasteiger partial charge in [-0.1, -0.05) is 13.8 Å². The Morgan fingerprint density at radius 2 is 1.94 bits per heavy atom. The smallest absolute Gasteiger partial charge is 0.317 e. The van der Waals surface area contributed by atoms with Gasteiger partial charge in [-0.15, -0.1) is 0 Å². The summed E-state index contributed by atoms with van der Waals surface area (Å²) in [4.78, 5) is 25.0. The van der Waals surface area contributed by atoms with Gasteiger partial charge in [-0.25, -0.2) is 4.79 Å². The molecule has 0 aromatic rings. The van der Waals surface area contributed by atoms with Crippen LogP contribution in [0, 0.1) is 5.92 Å². The molecule has 2 fully saturated rings. The zero-order valence-corrected chi connectivity index (χ0v) is 10.7. The second-order valence-electron chi connectivity index (χ2n) is 5.70. The molecule has 0 aromatic heterocycles. The standard InChI is InChI=1S/C13H22N2O2/c1-9(2)7-10-8-15(13(17)14-10)11-3-5-12(16)6-4-11/h9-11H,3-8H2,1-2H3,(H,14,17). The molecule has 1 saturated heterocycles. The van der Waals surface area contributed by atoms with Crippen LogP contribution in [0.1, 0.15) is 46.0 Å². The molecular formula is C13H22N2O2. The summed E-state index contributed by atoms with van der Waals surface area (Å²) in [5, 5.41) is 3.05. The van der Waals surface area contributed by atoms with Crippen molar-refractivity contribution in [3.63, 3.8) is 0 Å². The van der Waals surface area contributed by atoms with Gasteiger partial charge in [0, 0.05) is 31.5 Å². The molecule has 96 valence electrons. The fraction of sp³-hybridized carbons (Fsp3) is 0.846. The summed E-state index contributed by atoms with van der Waals surface area (Å²) in [5.41, 5.74) is 0. The largest absolute Gasteiger partial charge is 0.333 e.